The fraction of sp³-hybridized carbons (Fsp3) is 0.385. The molecule has 2 N–H and O–H groups in total. The molecule has 0 saturated heterocycles. The zero-order valence-electron chi connectivity index (χ0n) is 11.0. The van der Waals surface area contributed by atoms with Crippen molar-refractivity contribution in [3.05, 3.63) is 29.8 Å². The fourth-order valence-electron chi connectivity index (χ4n) is 1.34. The highest BCUT2D eigenvalue weighted by Crippen LogP contribution is 2.30. The first-order valence-electron chi connectivity index (χ1n) is 5.96. The molecule has 1 aromatic rings. The van der Waals surface area contributed by atoms with Crippen LogP contribution < -0.4 is 10.6 Å². The van der Waals surface area contributed by atoms with E-state index in [-0.39, 0.29) is 11.6 Å². The van der Waals surface area contributed by atoms with E-state index in [1.54, 1.807) is 0 Å². The van der Waals surface area contributed by atoms with Crippen LogP contribution in [-0.2, 0) is 15.8 Å². The van der Waals surface area contributed by atoms with Gasteiger partial charge in [0.2, 0.25) is 0 Å². The van der Waals surface area contributed by atoms with Gasteiger partial charge in [0.05, 0.1) is 5.56 Å². The van der Waals surface area contributed by atoms with E-state index in [9.17, 15) is 22.8 Å². The Morgan fingerprint density at radius 3 is 2.40 bits per heavy atom. The van der Waals surface area contributed by atoms with E-state index in [0.717, 1.165) is 18.2 Å². The number of alkyl halides is 3. The first kappa shape index (κ1) is 16.0. The summed E-state index contributed by atoms with van der Waals surface area (Å²) < 4.78 is 37.4. The van der Waals surface area contributed by atoms with Gasteiger partial charge < -0.3 is 10.6 Å². The van der Waals surface area contributed by atoms with Crippen molar-refractivity contribution in [1.82, 2.24) is 5.32 Å². The third-order valence-electron chi connectivity index (χ3n) is 2.32. The molecule has 110 valence electrons. The van der Waals surface area contributed by atoms with Gasteiger partial charge in [-0.05, 0) is 24.1 Å². The van der Waals surface area contributed by atoms with E-state index in [1.165, 1.54) is 6.07 Å². The van der Waals surface area contributed by atoms with Gasteiger partial charge in [0, 0.05) is 12.2 Å². The maximum absolute atomic E-state index is 12.5. The smallest absolute Gasteiger partial charge is 0.348 e. The number of anilines is 1. The Labute approximate surface area is 114 Å². The van der Waals surface area contributed by atoms with Crippen LogP contribution in [0.25, 0.3) is 0 Å². The highest BCUT2D eigenvalue weighted by Gasteiger charge is 2.30. The average molecular weight is 288 g/mol. The maximum atomic E-state index is 12.5. The average Bonchev–Trinajstić information content (AvgIpc) is 2.35. The summed E-state index contributed by atoms with van der Waals surface area (Å²) in [5.74, 6) is -1.71. The summed E-state index contributed by atoms with van der Waals surface area (Å²) in [6.07, 6.45) is -4.50. The molecule has 0 radical (unpaired) electrons. The molecular weight excluding hydrogens is 273 g/mol. The topological polar surface area (TPSA) is 58.2 Å². The maximum Gasteiger partial charge on any atom is 0.416 e. The molecule has 0 heterocycles. The second-order valence-corrected chi connectivity index (χ2v) is 4.64. The van der Waals surface area contributed by atoms with Crippen LogP contribution in [0.4, 0.5) is 18.9 Å². The molecule has 0 aliphatic rings. The van der Waals surface area contributed by atoms with Crippen molar-refractivity contribution >= 4 is 17.5 Å². The van der Waals surface area contributed by atoms with Crippen LogP contribution in [0.2, 0.25) is 0 Å². The van der Waals surface area contributed by atoms with Crippen molar-refractivity contribution in [2.24, 2.45) is 5.92 Å². The number of halogens is 3. The van der Waals surface area contributed by atoms with E-state index >= 15 is 0 Å². The second kappa shape index (κ2) is 6.40. The van der Waals surface area contributed by atoms with Crippen LogP contribution in [0.5, 0.6) is 0 Å². The zero-order chi connectivity index (χ0) is 15.3. The molecule has 0 fully saturated rings. The minimum Gasteiger partial charge on any atom is -0.348 e. The van der Waals surface area contributed by atoms with Gasteiger partial charge >= 0.3 is 18.0 Å². The lowest BCUT2D eigenvalue weighted by Crippen LogP contribution is -2.37. The van der Waals surface area contributed by atoms with Crippen molar-refractivity contribution in [3.8, 4) is 0 Å². The molecule has 1 rings (SSSR count). The third-order valence-corrected chi connectivity index (χ3v) is 2.32. The molecule has 0 aliphatic carbocycles. The Kier molecular flexibility index (Phi) is 5.12. The summed E-state index contributed by atoms with van der Waals surface area (Å²) in [5.41, 5.74) is -0.970. The Hall–Kier alpha value is -2.05. The summed E-state index contributed by atoms with van der Waals surface area (Å²) in [6.45, 7) is 4.02. The molecule has 20 heavy (non-hydrogen) atoms. The van der Waals surface area contributed by atoms with Gasteiger partial charge in [-0.1, -0.05) is 19.9 Å². The number of nitrogens with one attached hydrogen (secondary N) is 2. The normalized spacial score (nSPS) is 11.3. The molecule has 1 aromatic carbocycles. The lowest BCUT2D eigenvalue weighted by molar-refractivity contribution is -0.137. The molecule has 2 amide bonds. The summed E-state index contributed by atoms with van der Waals surface area (Å²) in [7, 11) is 0. The molecule has 0 atom stereocenters. The number of hydrogen-bond donors (Lipinski definition) is 2. The van der Waals surface area contributed by atoms with Crippen molar-refractivity contribution < 1.29 is 22.8 Å². The molecule has 0 aliphatic heterocycles. The Morgan fingerprint density at radius 2 is 1.85 bits per heavy atom. The number of carbonyl (C=O) groups is 2. The standard InChI is InChI=1S/C13H15F3N2O2/c1-8(2)7-17-11(19)12(20)18-10-5-3-4-9(6-10)13(14,15)16/h3-6,8H,7H2,1-2H3,(H,17,19)(H,18,20). The van der Waals surface area contributed by atoms with Crippen LogP contribution in [0.3, 0.4) is 0 Å². The largest absolute Gasteiger partial charge is 0.416 e. The van der Waals surface area contributed by atoms with Gasteiger partial charge in [-0.25, -0.2) is 0 Å². The number of amides is 2. The Bertz CT molecular complexity index is 499. The van der Waals surface area contributed by atoms with Crippen LogP contribution in [0, 0.1) is 5.92 Å². The highest BCUT2D eigenvalue weighted by molar-refractivity contribution is 6.39. The monoisotopic (exact) mass is 288 g/mol. The molecule has 4 nitrogen and oxygen atoms in total. The molecular formula is C13H15F3N2O2. The van der Waals surface area contributed by atoms with Crippen LogP contribution in [0.15, 0.2) is 24.3 Å². The Balaban J connectivity index is 2.69. The summed E-state index contributed by atoms with van der Waals surface area (Å²) in [4.78, 5) is 22.9. The predicted molar refractivity (Wildman–Crippen MR) is 67.9 cm³/mol. The van der Waals surface area contributed by atoms with Gasteiger partial charge in [0.25, 0.3) is 0 Å². The fourth-order valence-corrected chi connectivity index (χ4v) is 1.34. The van der Waals surface area contributed by atoms with Gasteiger partial charge in [-0.15, -0.1) is 0 Å². The van der Waals surface area contributed by atoms with Crippen LogP contribution in [-0.4, -0.2) is 18.4 Å². The quantitative estimate of drug-likeness (QED) is 0.839. The molecule has 7 heteroatoms. The van der Waals surface area contributed by atoms with Crippen molar-refractivity contribution in [2.45, 2.75) is 20.0 Å². The van der Waals surface area contributed by atoms with Gasteiger partial charge in [0.15, 0.2) is 0 Å². The van der Waals surface area contributed by atoms with E-state index in [2.05, 4.69) is 10.6 Å². The van der Waals surface area contributed by atoms with Crippen molar-refractivity contribution in [1.29, 1.82) is 0 Å². The lowest BCUT2D eigenvalue weighted by atomic mass is 10.2. The zero-order valence-corrected chi connectivity index (χ0v) is 11.0. The first-order valence-corrected chi connectivity index (χ1v) is 5.96. The van der Waals surface area contributed by atoms with E-state index in [1.807, 2.05) is 13.8 Å². The first-order chi connectivity index (χ1) is 9.20. The van der Waals surface area contributed by atoms with Crippen molar-refractivity contribution in [3.63, 3.8) is 0 Å². The summed E-state index contributed by atoms with van der Waals surface area (Å²) in [6, 6.07) is 4.09. The minimum absolute atomic E-state index is 0.0791. The van der Waals surface area contributed by atoms with Crippen LogP contribution in [0.1, 0.15) is 19.4 Å². The van der Waals surface area contributed by atoms with Crippen LogP contribution >= 0.6 is 0 Å². The SMILES string of the molecule is CC(C)CNC(=O)C(=O)Nc1cccc(C(F)(F)F)c1. The van der Waals surface area contributed by atoms with Crippen molar-refractivity contribution in [2.75, 3.05) is 11.9 Å². The number of benzene rings is 1. The number of carbonyl (C=O) groups excluding carboxylic acids is 2. The van der Waals surface area contributed by atoms with Gasteiger partial charge in [-0.3, -0.25) is 9.59 Å². The third kappa shape index (κ3) is 4.91. The predicted octanol–water partition coefficient (Wildman–Crippen LogP) is 2.42. The molecule has 0 aromatic heterocycles. The lowest BCUT2D eigenvalue weighted by Gasteiger charge is -2.10. The second-order valence-electron chi connectivity index (χ2n) is 4.64. The van der Waals surface area contributed by atoms with Gasteiger partial charge in [-0.2, -0.15) is 13.2 Å². The minimum atomic E-state index is -4.50. The Morgan fingerprint density at radius 1 is 1.20 bits per heavy atom. The summed E-state index contributed by atoms with van der Waals surface area (Å²) >= 11 is 0. The summed E-state index contributed by atoms with van der Waals surface area (Å²) in [5, 5.41) is 4.50. The molecule has 0 unspecified atom stereocenters. The molecule has 0 spiro atoms. The number of rotatable bonds is 3. The number of hydrogen-bond acceptors (Lipinski definition) is 2. The highest BCUT2D eigenvalue weighted by atomic mass is 19.4. The van der Waals surface area contributed by atoms with E-state index in [0.29, 0.717) is 6.54 Å². The van der Waals surface area contributed by atoms with E-state index in [4.69, 9.17) is 0 Å². The van der Waals surface area contributed by atoms with Gasteiger partial charge in [0.1, 0.15) is 0 Å². The molecule has 0 bridgehead atoms. The molecule has 0 saturated carbocycles. The van der Waals surface area contributed by atoms with E-state index < -0.39 is 23.6 Å².